The lowest BCUT2D eigenvalue weighted by Crippen LogP contribution is -2.02. The van der Waals surface area contributed by atoms with Crippen LogP contribution in [0.1, 0.15) is 0 Å². The summed E-state index contributed by atoms with van der Waals surface area (Å²) >= 11 is 0. The van der Waals surface area contributed by atoms with Gasteiger partial charge in [-0.2, -0.15) is 0 Å². The molecular formula is C42H26N4. The zero-order chi connectivity index (χ0) is 30.2. The summed E-state index contributed by atoms with van der Waals surface area (Å²) in [5.41, 5.74) is 7.65. The molecule has 4 heteroatoms. The van der Waals surface area contributed by atoms with Crippen molar-refractivity contribution in [3.05, 3.63) is 158 Å². The van der Waals surface area contributed by atoms with Gasteiger partial charge in [0, 0.05) is 38.2 Å². The molecule has 0 atom stereocenters. The number of aromatic nitrogens is 4. The minimum Gasteiger partial charge on any atom is -0.309 e. The Labute approximate surface area is 264 Å². The molecule has 0 unspecified atom stereocenters. The first-order valence-electron chi connectivity index (χ1n) is 15.6. The molecule has 3 heterocycles. The highest BCUT2D eigenvalue weighted by Crippen LogP contribution is 2.38. The minimum absolute atomic E-state index is 0.707. The monoisotopic (exact) mass is 586 g/mol. The summed E-state index contributed by atoms with van der Waals surface area (Å²) < 4.78 is 4.66. The molecule has 10 aromatic rings. The smallest absolute Gasteiger partial charge is 0.162 e. The van der Waals surface area contributed by atoms with E-state index in [4.69, 9.17) is 9.97 Å². The maximum Gasteiger partial charge on any atom is 0.162 e. The minimum atomic E-state index is 0.707. The van der Waals surface area contributed by atoms with Crippen molar-refractivity contribution in [1.29, 1.82) is 0 Å². The lowest BCUT2D eigenvalue weighted by Gasteiger charge is -2.13. The number of hydrogen-bond donors (Lipinski definition) is 0. The first-order chi connectivity index (χ1) is 22.8. The van der Waals surface area contributed by atoms with Crippen LogP contribution in [-0.4, -0.2) is 19.1 Å². The SMILES string of the molecule is c1ccc(-n2c3ccccc3c3cc(-c4nc(-n5c6ccccc6c6cc7ccccc7cc65)c5ccccc5n4)ccc32)cc1. The number of hydrogen-bond acceptors (Lipinski definition) is 2. The molecule has 4 nitrogen and oxygen atoms in total. The lowest BCUT2D eigenvalue weighted by molar-refractivity contribution is 1.08. The summed E-state index contributed by atoms with van der Waals surface area (Å²) in [5.74, 6) is 1.59. The summed E-state index contributed by atoms with van der Waals surface area (Å²) in [6.07, 6.45) is 0. The summed E-state index contributed by atoms with van der Waals surface area (Å²) in [7, 11) is 0. The Hall–Kier alpha value is -6.26. The van der Waals surface area contributed by atoms with Gasteiger partial charge in [0.1, 0.15) is 5.82 Å². The second-order valence-electron chi connectivity index (χ2n) is 11.9. The third-order valence-corrected chi connectivity index (χ3v) is 9.28. The van der Waals surface area contributed by atoms with Gasteiger partial charge in [-0.25, -0.2) is 9.97 Å². The molecule has 0 fully saturated rings. The Balaban J connectivity index is 1.27. The normalized spacial score (nSPS) is 11.9. The number of fused-ring (bicyclic) bond motifs is 8. The topological polar surface area (TPSA) is 35.6 Å². The van der Waals surface area contributed by atoms with Gasteiger partial charge in [0.2, 0.25) is 0 Å². The van der Waals surface area contributed by atoms with Crippen LogP contribution in [0.5, 0.6) is 0 Å². The van der Waals surface area contributed by atoms with Gasteiger partial charge in [-0.05, 0) is 77.5 Å². The van der Waals surface area contributed by atoms with Gasteiger partial charge < -0.3 is 4.57 Å². The highest BCUT2D eigenvalue weighted by atomic mass is 15.1. The fraction of sp³-hybridized carbons (Fsp3) is 0. The highest BCUT2D eigenvalue weighted by Gasteiger charge is 2.19. The second-order valence-corrected chi connectivity index (χ2v) is 11.9. The van der Waals surface area contributed by atoms with Gasteiger partial charge in [-0.15, -0.1) is 0 Å². The standard InChI is InChI=1S/C42H26N4/c1-2-14-30(15-3-1)45-37-20-10-7-16-31(37)34-25-29(22-23-39(34)45)41-43-36-19-9-6-18-33(36)42(44-41)46-38-21-11-8-17-32(38)35-24-27-12-4-5-13-28(27)26-40(35)46/h1-26H. The van der Waals surface area contributed by atoms with Crippen LogP contribution >= 0.6 is 0 Å². The highest BCUT2D eigenvalue weighted by molar-refractivity contribution is 6.14. The Bertz CT molecular complexity index is 2810. The quantitative estimate of drug-likeness (QED) is 0.206. The van der Waals surface area contributed by atoms with Gasteiger partial charge >= 0.3 is 0 Å². The molecule has 0 aliphatic heterocycles. The molecule has 0 bridgehead atoms. The molecule has 7 aromatic carbocycles. The van der Waals surface area contributed by atoms with Crippen LogP contribution in [0.2, 0.25) is 0 Å². The predicted molar refractivity (Wildman–Crippen MR) is 191 cm³/mol. The average molecular weight is 587 g/mol. The first-order valence-corrected chi connectivity index (χ1v) is 15.6. The molecule has 0 aliphatic rings. The maximum absolute atomic E-state index is 5.39. The molecular weight excluding hydrogens is 560 g/mol. The van der Waals surface area contributed by atoms with Crippen LogP contribution in [0.3, 0.4) is 0 Å². The van der Waals surface area contributed by atoms with Crippen LogP contribution in [-0.2, 0) is 0 Å². The van der Waals surface area contributed by atoms with Crippen molar-refractivity contribution >= 4 is 65.3 Å². The Morgan fingerprint density at radius 3 is 1.74 bits per heavy atom. The van der Waals surface area contributed by atoms with Gasteiger partial charge in [-0.3, -0.25) is 4.57 Å². The van der Waals surface area contributed by atoms with Crippen molar-refractivity contribution in [1.82, 2.24) is 19.1 Å². The lowest BCUT2D eigenvalue weighted by atomic mass is 10.1. The van der Waals surface area contributed by atoms with Crippen molar-refractivity contribution in [3.8, 4) is 22.9 Å². The summed E-state index contributed by atoms with van der Waals surface area (Å²) in [6.45, 7) is 0. The van der Waals surface area contributed by atoms with E-state index >= 15 is 0 Å². The summed E-state index contributed by atoms with van der Waals surface area (Å²) in [5, 5.41) is 8.27. The zero-order valence-electron chi connectivity index (χ0n) is 24.8. The number of nitrogens with zero attached hydrogens (tertiary/aromatic N) is 4. The van der Waals surface area contributed by atoms with Gasteiger partial charge in [0.05, 0.1) is 27.6 Å². The van der Waals surface area contributed by atoms with Crippen LogP contribution < -0.4 is 0 Å². The number of para-hydroxylation sites is 4. The largest absolute Gasteiger partial charge is 0.309 e. The number of benzene rings is 7. The molecule has 3 aromatic heterocycles. The van der Waals surface area contributed by atoms with E-state index in [1.54, 1.807) is 0 Å². The van der Waals surface area contributed by atoms with Crippen molar-refractivity contribution < 1.29 is 0 Å². The fourth-order valence-corrected chi connectivity index (χ4v) is 7.21. The van der Waals surface area contributed by atoms with Crippen LogP contribution in [0.15, 0.2) is 158 Å². The maximum atomic E-state index is 5.39. The third-order valence-electron chi connectivity index (χ3n) is 9.28. The Morgan fingerprint density at radius 1 is 0.370 bits per heavy atom. The second kappa shape index (κ2) is 9.62. The van der Waals surface area contributed by atoms with Crippen LogP contribution in [0.4, 0.5) is 0 Å². The molecule has 0 amide bonds. The molecule has 10 rings (SSSR count). The predicted octanol–water partition coefficient (Wildman–Crippen LogP) is 10.6. The summed E-state index contributed by atoms with van der Waals surface area (Å²) in [6, 6.07) is 56.0. The van der Waals surface area contributed by atoms with E-state index in [2.05, 4.69) is 167 Å². The molecule has 0 saturated carbocycles. The van der Waals surface area contributed by atoms with E-state index in [1.165, 1.54) is 37.8 Å². The fourth-order valence-electron chi connectivity index (χ4n) is 7.21. The Kier molecular flexibility index (Phi) is 5.25. The molecule has 0 radical (unpaired) electrons. The molecule has 214 valence electrons. The van der Waals surface area contributed by atoms with Crippen molar-refractivity contribution in [2.75, 3.05) is 0 Å². The molecule has 46 heavy (non-hydrogen) atoms. The van der Waals surface area contributed by atoms with Gasteiger partial charge in [0.15, 0.2) is 5.82 Å². The Morgan fingerprint density at radius 2 is 0.957 bits per heavy atom. The number of rotatable bonds is 3. The van der Waals surface area contributed by atoms with Crippen molar-refractivity contribution in [2.24, 2.45) is 0 Å². The van der Waals surface area contributed by atoms with Crippen molar-refractivity contribution in [2.45, 2.75) is 0 Å². The van der Waals surface area contributed by atoms with Crippen LogP contribution in [0, 0.1) is 0 Å². The van der Waals surface area contributed by atoms with E-state index < -0.39 is 0 Å². The van der Waals surface area contributed by atoms with E-state index in [1.807, 2.05) is 0 Å². The van der Waals surface area contributed by atoms with E-state index in [-0.39, 0.29) is 0 Å². The molecule has 0 spiro atoms. The van der Waals surface area contributed by atoms with Crippen LogP contribution in [0.25, 0.3) is 88.2 Å². The molecule has 0 N–H and O–H groups in total. The van der Waals surface area contributed by atoms with E-state index in [9.17, 15) is 0 Å². The summed E-state index contributed by atoms with van der Waals surface area (Å²) in [4.78, 5) is 10.5. The van der Waals surface area contributed by atoms with Gasteiger partial charge in [-0.1, -0.05) is 91.0 Å². The molecule has 0 saturated heterocycles. The van der Waals surface area contributed by atoms with E-state index in [0.717, 1.165) is 44.5 Å². The average Bonchev–Trinajstić information content (AvgIpc) is 3.62. The van der Waals surface area contributed by atoms with Gasteiger partial charge in [0.25, 0.3) is 0 Å². The third kappa shape index (κ3) is 3.61. The first kappa shape index (κ1) is 25.1. The van der Waals surface area contributed by atoms with Crippen molar-refractivity contribution in [3.63, 3.8) is 0 Å². The van der Waals surface area contributed by atoms with E-state index in [0.29, 0.717) is 5.82 Å². The molecule has 0 aliphatic carbocycles. The zero-order valence-corrected chi connectivity index (χ0v) is 24.8.